The lowest BCUT2D eigenvalue weighted by Gasteiger charge is -2.29. The highest BCUT2D eigenvalue weighted by Gasteiger charge is 2.42. The first-order chi connectivity index (χ1) is 16.9. The second kappa shape index (κ2) is 11.9. The number of halogens is 5. The molecule has 0 aliphatic rings. The topological polar surface area (TPSA) is 45.5 Å². The molecule has 0 fully saturated rings. The number of aliphatic hydroxyl groups is 1. The molecular formula is C27H31ClF4N2O2. The molecule has 0 spiro atoms. The predicted molar refractivity (Wildman–Crippen MR) is 135 cm³/mol. The maximum atomic E-state index is 14.8. The number of hydrogen-bond donors (Lipinski definition) is 1. The number of benzene rings is 2. The predicted octanol–water partition coefficient (Wildman–Crippen LogP) is 6.62. The van der Waals surface area contributed by atoms with Gasteiger partial charge in [0.25, 0.3) is 5.91 Å². The van der Waals surface area contributed by atoms with Crippen LogP contribution in [-0.2, 0) is 12.7 Å². The summed E-state index contributed by atoms with van der Waals surface area (Å²) in [7, 11) is 1.47. The molecule has 0 bridgehead atoms. The SMILES string of the molecule is CCl.Cc1c(-c2ccccc2F)c(C(=O)N(C)CC(C)(C)CO)n(Cc2ccccc2)c1C(F)(F)F. The highest BCUT2D eigenvalue weighted by atomic mass is 35.5. The first kappa shape index (κ1) is 29.4. The minimum Gasteiger partial charge on any atom is -0.396 e. The van der Waals surface area contributed by atoms with E-state index in [9.17, 15) is 27.5 Å². The van der Waals surface area contributed by atoms with E-state index in [1.165, 1.54) is 43.5 Å². The normalized spacial score (nSPS) is 11.6. The summed E-state index contributed by atoms with van der Waals surface area (Å²) in [6.07, 6.45) is -3.31. The molecule has 1 aromatic heterocycles. The van der Waals surface area contributed by atoms with Gasteiger partial charge in [0.1, 0.15) is 17.2 Å². The van der Waals surface area contributed by atoms with Crippen LogP contribution in [0.3, 0.4) is 0 Å². The molecule has 0 atom stereocenters. The fourth-order valence-corrected chi connectivity index (χ4v) is 4.20. The van der Waals surface area contributed by atoms with Crippen LogP contribution >= 0.6 is 11.6 Å². The average Bonchev–Trinajstić information content (AvgIpc) is 3.12. The van der Waals surface area contributed by atoms with E-state index in [2.05, 4.69) is 11.6 Å². The standard InChI is InChI=1S/C26H28F4N2O2.CH3Cl/c1-17-21(19-12-8-9-13-20(19)27)22(24(34)31(4)15-25(2,3)16-33)32(23(17)26(28,29)30)14-18-10-6-5-7-11-18;1-2/h5-13,33H,14-16H2,1-4H3;1H3. The van der Waals surface area contributed by atoms with Crippen LogP contribution in [0, 0.1) is 18.2 Å². The molecule has 3 aromatic rings. The summed E-state index contributed by atoms with van der Waals surface area (Å²) in [5.41, 5.74) is -1.72. The molecule has 0 saturated carbocycles. The van der Waals surface area contributed by atoms with Crippen molar-refractivity contribution in [2.24, 2.45) is 5.41 Å². The highest BCUT2D eigenvalue weighted by Crippen LogP contribution is 2.42. The van der Waals surface area contributed by atoms with E-state index in [-0.39, 0.29) is 42.1 Å². The van der Waals surface area contributed by atoms with Crippen LogP contribution in [0.25, 0.3) is 11.1 Å². The van der Waals surface area contributed by atoms with Crippen LogP contribution in [-0.4, -0.2) is 47.1 Å². The van der Waals surface area contributed by atoms with Crippen molar-refractivity contribution in [3.63, 3.8) is 0 Å². The summed E-state index contributed by atoms with van der Waals surface area (Å²) in [5.74, 6) is -1.40. The summed E-state index contributed by atoms with van der Waals surface area (Å²) in [5, 5.41) is 9.63. The largest absolute Gasteiger partial charge is 0.431 e. The summed E-state index contributed by atoms with van der Waals surface area (Å²) in [6.45, 7) is 4.40. The Kier molecular flexibility index (Phi) is 9.74. The first-order valence-corrected chi connectivity index (χ1v) is 12.0. The zero-order valence-electron chi connectivity index (χ0n) is 21.0. The molecule has 196 valence electrons. The third-order valence-corrected chi connectivity index (χ3v) is 5.74. The Labute approximate surface area is 214 Å². The van der Waals surface area contributed by atoms with E-state index in [4.69, 9.17) is 0 Å². The number of nitrogens with zero attached hydrogens (tertiary/aromatic N) is 2. The molecule has 3 rings (SSSR count). The van der Waals surface area contributed by atoms with Crippen molar-refractivity contribution < 1.29 is 27.5 Å². The zero-order chi connectivity index (χ0) is 27.3. The van der Waals surface area contributed by atoms with Gasteiger partial charge in [-0.1, -0.05) is 62.4 Å². The van der Waals surface area contributed by atoms with Gasteiger partial charge in [0.15, 0.2) is 0 Å². The van der Waals surface area contributed by atoms with Crippen molar-refractivity contribution in [1.29, 1.82) is 0 Å². The fraction of sp³-hybridized carbons (Fsp3) is 0.370. The van der Waals surface area contributed by atoms with Gasteiger partial charge in [-0.3, -0.25) is 4.79 Å². The lowest BCUT2D eigenvalue weighted by molar-refractivity contribution is -0.143. The van der Waals surface area contributed by atoms with Gasteiger partial charge in [-0.2, -0.15) is 13.2 Å². The number of aromatic nitrogens is 1. The van der Waals surface area contributed by atoms with Gasteiger partial charge >= 0.3 is 6.18 Å². The second-order valence-corrected chi connectivity index (χ2v) is 9.23. The van der Waals surface area contributed by atoms with E-state index in [0.717, 1.165) is 10.6 Å². The Morgan fingerprint density at radius 2 is 1.58 bits per heavy atom. The molecule has 9 heteroatoms. The number of aliphatic hydroxyl groups excluding tert-OH is 1. The van der Waals surface area contributed by atoms with Crippen molar-refractivity contribution in [2.75, 3.05) is 26.6 Å². The van der Waals surface area contributed by atoms with E-state index in [0.29, 0.717) is 5.56 Å². The molecule has 1 heterocycles. The van der Waals surface area contributed by atoms with Gasteiger partial charge < -0.3 is 14.6 Å². The number of carbonyl (C=O) groups is 1. The van der Waals surface area contributed by atoms with Crippen LogP contribution in [0.1, 0.15) is 41.2 Å². The van der Waals surface area contributed by atoms with E-state index in [1.807, 2.05) is 0 Å². The first-order valence-electron chi connectivity index (χ1n) is 11.2. The van der Waals surface area contributed by atoms with Gasteiger partial charge in [-0.05, 0) is 24.1 Å². The van der Waals surface area contributed by atoms with Gasteiger partial charge in [-0.15, -0.1) is 11.6 Å². The van der Waals surface area contributed by atoms with Gasteiger partial charge in [0.05, 0.1) is 0 Å². The van der Waals surface area contributed by atoms with Crippen molar-refractivity contribution in [1.82, 2.24) is 9.47 Å². The van der Waals surface area contributed by atoms with E-state index >= 15 is 0 Å². The zero-order valence-corrected chi connectivity index (χ0v) is 21.7. The maximum absolute atomic E-state index is 14.8. The molecule has 1 N–H and O–H groups in total. The van der Waals surface area contributed by atoms with Crippen LogP contribution in [0.15, 0.2) is 54.6 Å². The molecule has 0 radical (unpaired) electrons. The minimum atomic E-state index is -4.78. The average molecular weight is 527 g/mol. The molecule has 0 unspecified atom stereocenters. The lowest BCUT2D eigenvalue weighted by Crippen LogP contribution is -2.39. The molecule has 4 nitrogen and oxygen atoms in total. The lowest BCUT2D eigenvalue weighted by atomic mass is 9.94. The number of amides is 1. The Bertz CT molecular complexity index is 1170. The second-order valence-electron chi connectivity index (χ2n) is 9.23. The molecule has 1 amide bonds. The molecular weight excluding hydrogens is 496 g/mol. The van der Waals surface area contributed by atoms with Crippen LogP contribution in [0.4, 0.5) is 17.6 Å². The summed E-state index contributed by atoms with van der Waals surface area (Å²) in [4.78, 5) is 15.0. The third-order valence-electron chi connectivity index (χ3n) is 5.74. The smallest absolute Gasteiger partial charge is 0.396 e. The van der Waals surface area contributed by atoms with Crippen LogP contribution < -0.4 is 0 Å². The number of alkyl halides is 4. The van der Waals surface area contributed by atoms with E-state index in [1.54, 1.807) is 44.2 Å². The third kappa shape index (κ3) is 6.48. The minimum absolute atomic E-state index is 0.0736. The van der Waals surface area contributed by atoms with Gasteiger partial charge in [0.2, 0.25) is 0 Å². The molecule has 0 saturated heterocycles. The molecule has 36 heavy (non-hydrogen) atoms. The van der Waals surface area contributed by atoms with Crippen molar-refractivity contribution in [3.05, 3.63) is 82.9 Å². The van der Waals surface area contributed by atoms with Crippen LogP contribution in [0.2, 0.25) is 0 Å². The summed E-state index contributed by atoms with van der Waals surface area (Å²) < 4.78 is 58.8. The molecule has 0 aliphatic carbocycles. The number of hydrogen-bond acceptors (Lipinski definition) is 2. The van der Waals surface area contributed by atoms with Crippen molar-refractivity contribution in [3.8, 4) is 11.1 Å². The Balaban J connectivity index is 0.00000222. The van der Waals surface area contributed by atoms with Gasteiger partial charge in [0, 0.05) is 49.7 Å². The van der Waals surface area contributed by atoms with Gasteiger partial charge in [-0.25, -0.2) is 4.39 Å². The summed E-state index contributed by atoms with van der Waals surface area (Å²) in [6, 6.07) is 14.0. The van der Waals surface area contributed by atoms with Crippen LogP contribution in [0.5, 0.6) is 0 Å². The monoisotopic (exact) mass is 526 g/mol. The van der Waals surface area contributed by atoms with Crippen molar-refractivity contribution >= 4 is 17.5 Å². The Hall–Kier alpha value is -2.84. The molecule has 2 aromatic carbocycles. The fourth-order valence-electron chi connectivity index (χ4n) is 4.20. The highest BCUT2D eigenvalue weighted by molar-refractivity contribution is 6.15. The number of rotatable bonds is 7. The van der Waals surface area contributed by atoms with E-state index < -0.39 is 29.0 Å². The maximum Gasteiger partial charge on any atom is 0.431 e. The molecule has 0 aliphatic heterocycles. The quantitative estimate of drug-likeness (QED) is 0.278. The summed E-state index contributed by atoms with van der Waals surface area (Å²) >= 11 is 4.64. The number of carbonyl (C=O) groups excluding carboxylic acids is 1. The Morgan fingerprint density at radius 3 is 2.11 bits per heavy atom. The van der Waals surface area contributed by atoms with Crippen molar-refractivity contribution in [2.45, 2.75) is 33.5 Å². The Morgan fingerprint density at radius 1 is 1.03 bits per heavy atom.